The van der Waals surface area contributed by atoms with Gasteiger partial charge in [-0.25, -0.2) is 0 Å². The quantitative estimate of drug-likeness (QED) is 0.522. The topological polar surface area (TPSA) is 34.1 Å². The van der Waals surface area contributed by atoms with Gasteiger partial charge < -0.3 is 0 Å². The lowest BCUT2D eigenvalue weighted by Crippen LogP contribution is -2.03. The molecule has 0 radical (unpaired) electrons. The van der Waals surface area contributed by atoms with E-state index in [1.54, 1.807) is 11.8 Å². The van der Waals surface area contributed by atoms with Crippen LogP contribution in [0.3, 0.4) is 0 Å². The summed E-state index contributed by atoms with van der Waals surface area (Å²) in [4.78, 5) is 26.3. The van der Waals surface area contributed by atoms with E-state index in [1.807, 2.05) is 48.5 Å². The van der Waals surface area contributed by atoms with Crippen LogP contribution in [-0.4, -0.2) is 11.6 Å². The van der Waals surface area contributed by atoms with E-state index in [0.29, 0.717) is 24.7 Å². The molecule has 2 aromatic rings. The molecule has 0 heterocycles. The summed E-state index contributed by atoms with van der Waals surface area (Å²) in [6.45, 7) is 8.21. The lowest BCUT2D eigenvalue weighted by Gasteiger charge is -2.07. The van der Waals surface area contributed by atoms with Crippen LogP contribution in [0.4, 0.5) is 0 Å². The zero-order valence-corrected chi connectivity index (χ0v) is 16.2. The first-order valence-electron chi connectivity index (χ1n) is 8.79. The summed E-state index contributed by atoms with van der Waals surface area (Å²) in [7, 11) is 0. The molecule has 132 valence electrons. The Morgan fingerprint density at radius 3 is 1.28 bits per heavy atom. The molecule has 0 aliphatic rings. The summed E-state index contributed by atoms with van der Waals surface area (Å²) in [5.41, 5.74) is 1.54. The molecule has 0 aromatic heterocycles. The number of Topliss-reactive ketones (excluding diaryl/α,β-unsaturated/α-hetero) is 2. The normalized spacial score (nSPS) is 11.1. The summed E-state index contributed by atoms with van der Waals surface area (Å²) in [5.74, 6) is 1.14. The van der Waals surface area contributed by atoms with E-state index in [9.17, 15) is 9.59 Å². The first kappa shape index (κ1) is 19.5. The van der Waals surface area contributed by atoms with Gasteiger partial charge >= 0.3 is 0 Å². The maximum Gasteiger partial charge on any atom is 0.163 e. The largest absolute Gasteiger partial charge is 0.294 e. The fraction of sp³-hybridized carbons (Fsp3) is 0.364. The van der Waals surface area contributed by atoms with Gasteiger partial charge in [0, 0.05) is 33.8 Å². The van der Waals surface area contributed by atoms with E-state index in [2.05, 4.69) is 27.7 Å². The van der Waals surface area contributed by atoms with Crippen molar-refractivity contribution in [3.63, 3.8) is 0 Å². The van der Waals surface area contributed by atoms with Crippen molar-refractivity contribution in [1.82, 2.24) is 0 Å². The van der Waals surface area contributed by atoms with Crippen LogP contribution < -0.4 is 0 Å². The monoisotopic (exact) mass is 354 g/mol. The van der Waals surface area contributed by atoms with Crippen LogP contribution >= 0.6 is 11.8 Å². The Hall–Kier alpha value is -1.87. The van der Waals surface area contributed by atoms with E-state index in [1.165, 1.54) is 0 Å². The zero-order chi connectivity index (χ0) is 18.4. The highest BCUT2D eigenvalue weighted by Gasteiger charge is 2.10. The molecule has 2 nitrogen and oxygen atoms in total. The van der Waals surface area contributed by atoms with Crippen molar-refractivity contribution in [1.29, 1.82) is 0 Å². The molecule has 2 rings (SSSR count). The molecule has 0 bridgehead atoms. The molecule has 0 unspecified atom stereocenters. The maximum absolute atomic E-state index is 12.1. The minimum absolute atomic E-state index is 0.194. The Labute approximate surface area is 155 Å². The standard InChI is InChI=1S/C22H26O2S/c1-15(2)13-21(23)17-5-9-19(10-6-17)25-20-11-7-18(8-12-20)22(24)14-16(3)4/h5-12,15-16H,13-14H2,1-4H3. The first-order valence-corrected chi connectivity index (χ1v) is 9.61. The molecule has 25 heavy (non-hydrogen) atoms. The van der Waals surface area contributed by atoms with Crippen molar-refractivity contribution in [3.05, 3.63) is 59.7 Å². The van der Waals surface area contributed by atoms with E-state index >= 15 is 0 Å². The van der Waals surface area contributed by atoms with E-state index in [0.717, 1.165) is 20.9 Å². The van der Waals surface area contributed by atoms with Crippen LogP contribution in [0.5, 0.6) is 0 Å². The number of carbonyl (C=O) groups is 2. The highest BCUT2D eigenvalue weighted by molar-refractivity contribution is 7.99. The zero-order valence-electron chi connectivity index (χ0n) is 15.4. The van der Waals surface area contributed by atoms with Crippen LogP contribution in [0.15, 0.2) is 58.3 Å². The van der Waals surface area contributed by atoms with Crippen LogP contribution in [-0.2, 0) is 0 Å². The third kappa shape index (κ3) is 6.17. The van der Waals surface area contributed by atoms with Gasteiger partial charge in [-0.15, -0.1) is 0 Å². The third-order valence-corrected chi connectivity index (χ3v) is 4.79. The molecule has 2 aromatic carbocycles. The average molecular weight is 355 g/mol. The Morgan fingerprint density at radius 1 is 0.680 bits per heavy atom. The molecular weight excluding hydrogens is 328 g/mol. The lowest BCUT2D eigenvalue weighted by molar-refractivity contribution is 0.0959. The van der Waals surface area contributed by atoms with Crippen molar-refractivity contribution in [3.8, 4) is 0 Å². The molecule has 0 aliphatic heterocycles. The number of ketones is 2. The van der Waals surface area contributed by atoms with Crippen LogP contribution in [0, 0.1) is 11.8 Å². The van der Waals surface area contributed by atoms with Crippen molar-refractivity contribution in [2.75, 3.05) is 0 Å². The summed E-state index contributed by atoms with van der Waals surface area (Å²) >= 11 is 1.63. The number of rotatable bonds is 8. The maximum atomic E-state index is 12.1. The van der Waals surface area contributed by atoms with Gasteiger partial charge in [0.05, 0.1) is 0 Å². The molecule has 0 spiro atoms. The van der Waals surface area contributed by atoms with E-state index in [-0.39, 0.29) is 11.6 Å². The molecule has 0 fully saturated rings. The molecule has 0 N–H and O–H groups in total. The summed E-state index contributed by atoms with van der Waals surface area (Å²) < 4.78 is 0. The highest BCUT2D eigenvalue weighted by atomic mass is 32.2. The Morgan fingerprint density at radius 2 is 1.00 bits per heavy atom. The van der Waals surface area contributed by atoms with E-state index in [4.69, 9.17) is 0 Å². The SMILES string of the molecule is CC(C)CC(=O)c1ccc(Sc2ccc(C(=O)CC(C)C)cc2)cc1. The fourth-order valence-electron chi connectivity index (χ4n) is 2.53. The highest BCUT2D eigenvalue weighted by Crippen LogP contribution is 2.28. The van der Waals surface area contributed by atoms with E-state index < -0.39 is 0 Å². The molecule has 0 atom stereocenters. The smallest absolute Gasteiger partial charge is 0.163 e. The second kappa shape index (κ2) is 9.00. The fourth-order valence-corrected chi connectivity index (χ4v) is 3.35. The van der Waals surface area contributed by atoms with Gasteiger partial charge in [-0.05, 0) is 36.1 Å². The predicted molar refractivity (Wildman–Crippen MR) is 105 cm³/mol. The molecule has 0 saturated heterocycles. The van der Waals surface area contributed by atoms with Gasteiger partial charge in [0.25, 0.3) is 0 Å². The Kier molecular flexibility index (Phi) is 7.01. The summed E-state index contributed by atoms with van der Waals surface area (Å²) in [6.07, 6.45) is 1.16. The second-order valence-corrected chi connectivity index (χ2v) is 8.34. The number of hydrogen-bond acceptors (Lipinski definition) is 3. The number of benzene rings is 2. The Balaban J connectivity index is 2.00. The van der Waals surface area contributed by atoms with Gasteiger partial charge in [-0.3, -0.25) is 9.59 Å². The van der Waals surface area contributed by atoms with Crippen LogP contribution in [0.1, 0.15) is 61.3 Å². The average Bonchev–Trinajstić information content (AvgIpc) is 2.55. The lowest BCUT2D eigenvalue weighted by atomic mass is 10.0. The molecule has 3 heteroatoms. The number of carbonyl (C=O) groups excluding carboxylic acids is 2. The molecule has 0 amide bonds. The van der Waals surface area contributed by atoms with Crippen LogP contribution in [0.25, 0.3) is 0 Å². The molecule has 0 saturated carbocycles. The van der Waals surface area contributed by atoms with Gasteiger partial charge in [0.15, 0.2) is 11.6 Å². The van der Waals surface area contributed by atoms with Crippen molar-refractivity contribution in [2.45, 2.75) is 50.3 Å². The Bertz CT molecular complexity index is 649. The van der Waals surface area contributed by atoms with Gasteiger partial charge in [-0.1, -0.05) is 63.7 Å². The minimum atomic E-state index is 0.194. The van der Waals surface area contributed by atoms with Crippen molar-refractivity contribution in [2.24, 2.45) is 11.8 Å². The predicted octanol–water partition coefficient (Wildman–Crippen LogP) is 6.30. The van der Waals surface area contributed by atoms with Gasteiger partial charge in [-0.2, -0.15) is 0 Å². The molecular formula is C22H26O2S. The van der Waals surface area contributed by atoms with Crippen LogP contribution in [0.2, 0.25) is 0 Å². The van der Waals surface area contributed by atoms with Gasteiger partial charge in [0.2, 0.25) is 0 Å². The van der Waals surface area contributed by atoms with Gasteiger partial charge in [0.1, 0.15) is 0 Å². The van der Waals surface area contributed by atoms with Crippen molar-refractivity contribution < 1.29 is 9.59 Å². The second-order valence-electron chi connectivity index (χ2n) is 7.19. The third-order valence-electron chi connectivity index (χ3n) is 3.78. The van der Waals surface area contributed by atoms with Crippen molar-refractivity contribution >= 4 is 23.3 Å². The first-order chi connectivity index (χ1) is 11.8. The summed E-state index contributed by atoms with van der Waals surface area (Å²) in [5, 5.41) is 0. The summed E-state index contributed by atoms with van der Waals surface area (Å²) in [6, 6.07) is 15.5. The minimum Gasteiger partial charge on any atom is -0.294 e. The number of hydrogen-bond donors (Lipinski definition) is 0. The molecule has 0 aliphatic carbocycles.